The Bertz CT molecular complexity index is 218. The summed E-state index contributed by atoms with van der Waals surface area (Å²) < 4.78 is 5.54. The zero-order chi connectivity index (χ0) is 9.47. The molecule has 2 fully saturated rings. The molecule has 2 rings (SSSR count). The van der Waals surface area contributed by atoms with Crippen LogP contribution >= 0.6 is 0 Å². The second-order valence-corrected chi connectivity index (χ2v) is 4.44. The molecule has 0 saturated heterocycles. The van der Waals surface area contributed by atoms with E-state index in [4.69, 9.17) is 9.84 Å². The van der Waals surface area contributed by atoms with Crippen molar-refractivity contribution in [2.75, 3.05) is 6.61 Å². The monoisotopic (exact) mass is 184 g/mol. The number of rotatable bonds is 5. The number of carboxylic acids is 1. The lowest BCUT2D eigenvalue weighted by Crippen LogP contribution is -2.41. The molecular weight excluding hydrogens is 168 g/mol. The van der Waals surface area contributed by atoms with Crippen LogP contribution < -0.4 is 0 Å². The summed E-state index contributed by atoms with van der Waals surface area (Å²) in [7, 11) is 0. The first-order chi connectivity index (χ1) is 6.13. The van der Waals surface area contributed by atoms with Crippen LogP contribution in [0.5, 0.6) is 0 Å². The summed E-state index contributed by atoms with van der Waals surface area (Å²) in [5.74, 6) is 0.0943. The zero-order valence-electron chi connectivity index (χ0n) is 7.95. The molecule has 0 aromatic heterocycles. The topological polar surface area (TPSA) is 46.5 Å². The van der Waals surface area contributed by atoms with E-state index in [0.717, 1.165) is 12.8 Å². The lowest BCUT2D eigenvalue weighted by Gasteiger charge is -2.25. The molecule has 3 nitrogen and oxygen atoms in total. The first kappa shape index (κ1) is 9.00. The third kappa shape index (κ3) is 1.85. The highest BCUT2D eigenvalue weighted by Crippen LogP contribution is 2.43. The van der Waals surface area contributed by atoms with Gasteiger partial charge in [0.1, 0.15) is 0 Å². The Hall–Kier alpha value is -0.570. The van der Waals surface area contributed by atoms with Crippen molar-refractivity contribution >= 4 is 5.97 Å². The van der Waals surface area contributed by atoms with Gasteiger partial charge in [0, 0.05) is 0 Å². The third-order valence-corrected chi connectivity index (χ3v) is 3.10. The molecule has 0 aliphatic heterocycles. The summed E-state index contributed by atoms with van der Waals surface area (Å²) in [6.07, 6.45) is 4.43. The lowest BCUT2D eigenvalue weighted by molar-refractivity contribution is -0.167. The Balaban J connectivity index is 1.90. The normalized spacial score (nSPS) is 26.8. The number of carboxylic acid groups (broad SMARTS) is 1. The number of ether oxygens (including phenoxy) is 1. The van der Waals surface area contributed by atoms with Crippen LogP contribution in [-0.2, 0) is 9.53 Å². The SMILES string of the molecule is CC(OCC1CC1)(C(=O)O)C1CC1. The minimum Gasteiger partial charge on any atom is -0.479 e. The van der Waals surface area contributed by atoms with E-state index in [1.807, 2.05) is 0 Å². The van der Waals surface area contributed by atoms with Gasteiger partial charge in [-0.15, -0.1) is 0 Å². The van der Waals surface area contributed by atoms with Crippen LogP contribution in [0.25, 0.3) is 0 Å². The van der Waals surface area contributed by atoms with Gasteiger partial charge in [0.2, 0.25) is 0 Å². The van der Waals surface area contributed by atoms with Gasteiger partial charge in [-0.05, 0) is 44.4 Å². The van der Waals surface area contributed by atoms with E-state index in [1.165, 1.54) is 12.8 Å². The van der Waals surface area contributed by atoms with Gasteiger partial charge in [0.05, 0.1) is 6.61 Å². The molecule has 1 unspecified atom stereocenters. The predicted octanol–water partition coefficient (Wildman–Crippen LogP) is 1.67. The van der Waals surface area contributed by atoms with Crippen molar-refractivity contribution in [3.63, 3.8) is 0 Å². The van der Waals surface area contributed by atoms with E-state index in [-0.39, 0.29) is 5.92 Å². The van der Waals surface area contributed by atoms with Crippen molar-refractivity contribution < 1.29 is 14.6 Å². The van der Waals surface area contributed by atoms with Crippen molar-refractivity contribution in [3.05, 3.63) is 0 Å². The molecule has 0 spiro atoms. The Labute approximate surface area is 78.1 Å². The quantitative estimate of drug-likeness (QED) is 0.707. The maximum atomic E-state index is 11.0. The number of carbonyl (C=O) groups is 1. The minimum absolute atomic E-state index is 0.253. The molecule has 0 aromatic rings. The zero-order valence-corrected chi connectivity index (χ0v) is 7.95. The van der Waals surface area contributed by atoms with Crippen molar-refractivity contribution in [2.45, 2.75) is 38.2 Å². The molecule has 3 heteroatoms. The highest BCUT2D eigenvalue weighted by Gasteiger charge is 2.49. The Morgan fingerprint density at radius 1 is 1.46 bits per heavy atom. The Morgan fingerprint density at radius 3 is 2.46 bits per heavy atom. The van der Waals surface area contributed by atoms with E-state index >= 15 is 0 Å². The van der Waals surface area contributed by atoms with Gasteiger partial charge >= 0.3 is 5.97 Å². The lowest BCUT2D eigenvalue weighted by atomic mass is 10.0. The number of hydrogen-bond donors (Lipinski definition) is 1. The fourth-order valence-corrected chi connectivity index (χ4v) is 1.56. The number of hydrogen-bond acceptors (Lipinski definition) is 2. The molecule has 0 aromatic carbocycles. The predicted molar refractivity (Wildman–Crippen MR) is 47.4 cm³/mol. The fourth-order valence-electron chi connectivity index (χ4n) is 1.56. The molecule has 0 radical (unpaired) electrons. The highest BCUT2D eigenvalue weighted by molar-refractivity contribution is 5.77. The van der Waals surface area contributed by atoms with Gasteiger partial charge in [0.25, 0.3) is 0 Å². The Morgan fingerprint density at radius 2 is 2.08 bits per heavy atom. The van der Waals surface area contributed by atoms with Crippen LogP contribution in [-0.4, -0.2) is 23.3 Å². The second-order valence-electron chi connectivity index (χ2n) is 4.44. The van der Waals surface area contributed by atoms with E-state index in [0.29, 0.717) is 12.5 Å². The largest absolute Gasteiger partial charge is 0.479 e. The van der Waals surface area contributed by atoms with Gasteiger partial charge in [-0.3, -0.25) is 0 Å². The molecule has 0 heterocycles. The molecular formula is C10H16O3. The maximum Gasteiger partial charge on any atom is 0.335 e. The van der Waals surface area contributed by atoms with Gasteiger partial charge in [-0.1, -0.05) is 0 Å². The van der Waals surface area contributed by atoms with Crippen molar-refractivity contribution in [1.82, 2.24) is 0 Å². The summed E-state index contributed by atoms with van der Waals surface area (Å²) in [5, 5.41) is 9.05. The summed E-state index contributed by atoms with van der Waals surface area (Å²) in [6.45, 7) is 2.36. The maximum absolute atomic E-state index is 11.0. The molecule has 74 valence electrons. The minimum atomic E-state index is -0.900. The van der Waals surface area contributed by atoms with Crippen LogP contribution in [0.4, 0.5) is 0 Å². The van der Waals surface area contributed by atoms with Crippen molar-refractivity contribution in [2.24, 2.45) is 11.8 Å². The van der Waals surface area contributed by atoms with E-state index < -0.39 is 11.6 Å². The van der Waals surface area contributed by atoms with E-state index in [9.17, 15) is 4.79 Å². The smallest absolute Gasteiger partial charge is 0.335 e. The first-order valence-electron chi connectivity index (χ1n) is 5.00. The summed E-state index contributed by atoms with van der Waals surface area (Å²) in [6, 6.07) is 0. The second kappa shape index (κ2) is 2.98. The average molecular weight is 184 g/mol. The summed E-state index contributed by atoms with van der Waals surface area (Å²) in [4.78, 5) is 11.0. The van der Waals surface area contributed by atoms with Crippen LogP contribution in [0.3, 0.4) is 0 Å². The molecule has 2 aliphatic carbocycles. The molecule has 1 N–H and O–H groups in total. The van der Waals surface area contributed by atoms with Crippen molar-refractivity contribution in [1.29, 1.82) is 0 Å². The van der Waals surface area contributed by atoms with Crippen LogP contribution in [0, 0.1) is 11.8 Å². The Kier molecular flexibility index (Phi) is 2.06. The average Bonchev–Trinajstić information content (AvgIpc) is 2.89. The summed E-state index contributed by atoms with van der Waals surface area (Å²) >= 11 is 0. The van der Waals surface area contributed by atoms with Gasteiger partial charge in [-0.25, -0.2) is 4.79 Å². The summed E-state index contributed by atoms with van der Waals surface area (Å²) in [5.41, 5.74) is -0.900. The fraction of sp³-hybridized carbons (Fsp3) is 0.900. The van der Waals surface area contributed by atoms with Crippen LogP contribution in [0.15, 0.2) is 0 Å². The first-order valence-corrected chi connectivity index (χ1v) is 5.00. The third-order valence-electron chi connectivity index (χ3n) is 3.10. The molecule has 13 heavy (non-hydrogen) atoms. The van der Waals surface area contributed by atoms with Gasteiger partial charge in [-0.2, -0.15) is 0 Å². The van der Waals surface area contributed by atoms with E-state index in [2.05, 4.69) is 0 Å². The molecule has 0 bridgehead atoms. The van der Waals surface area contributed by atoms with Crippen LogP contribution in [0.1, 0.15) is 32.6 Å². The standard InChI is InChI=1S/C10H16O3/c1-10(9(11)12,8-4-5-8)13-6-7-2-3-7/h7-8H,2-6H2,1H3,(H,11,12). The van der Waals surface area contributed by atoms with Gasteiger partial charge in [0.15, 0.2) is 5.60 Å². The highest BCUT2D eigenvalue weighted by atomic mass is 16.5. The van der Waals surface area contributed by atoms with Crippen LogP contribution in [0.2, 0.25) is 0 Å². The molecule has 2 aliphatic rings. The van der Waals surface area contributed by atoms with Crippen molar-refractivity contribution in [3.8, 4) is 0 Å². The molecule has 2 saturated carbocycles. The number of aliphatic carboxylic acids is 1. The molecule has 1 atom stereocenters. The van der Waals surface area contributed by atoms with Gasteiger partial charge < -0.3 is 9.84 Å². The van der Waals surface area contributed by atoms with E-state index in [1.54, 1.807) is 6.92 Å². The molecule has 0 amide bonds.